The Morgan fingerprint density at radius 1 is 1.04 bits per heavy atom. The zero-order valence-corrected chi connectivity index (χ0v) is 12.8. The Balaban J connectivity index is 1.88. The molecule has 0 aliphatic carbocycles. The monoisotopic (exact) mass is 330 g/mol. The van der Waals surface area contributed by atoms with Gasteiger partial charge in [0.25, 0.3) is 0 Å². The Bertz CT molecular complexity index is 637. The highest BCUT2D eigenvalue weighted by Crippen LogP contribution is 2.23. The van der Waals surface area contributed by atoms with Crippen molar-refractivity contribution in [3.63, 3.8) is 0 Å². The first kappa shape index (κ1) is 17.4. The van der Waals surface area contributed by atoms with Crippen molar-refractivity contribution in [2.45, 2.75) is 51.6 Å². The SMILES string of the molecule is Cc1nnc(CCc2cc(CCCCC(F)(F)F)ccc2F)o1. The van der Waals surface area contributed by atoms with Gasteiger partial charge in [-0.05, 0) is 42.9 Å². The molecule has 0 amide bonds. The second-order valence-corrected chi connectivity index (χ2v) is 5.46. The van der Waals surface area contributed by atoms with E-state index in [0.717, 1.165) is 5.56 Å². The van der Waals surface area contributed by atoms with Gasteiger partial charge in [-0.25, -0.2) is 4.39 Å². The average molecular weight is 330 g/mol. The molecule has 0 unspecified atom stereocenters. The molecule has 1 aromatic heterocycles. The van der Waals surface area contributed by atoms with Crippen molar-refractivity contribution < 1.29 is 22.0 Å². The number of aromatic nitrogens is 2. The topological polar surface area (TPSA) is 38.9 Å². The molecule has 0 saturated heterocycles. The van der Waals surface area contributed by atoms with E-state index >= 15 is 0 Å². The molecule has 3 nitrogen and oxygen atoms in total. The lowest BCUT2D eigenvalue weighted by molar-refractivity contribution is -0.135. The van der Waals surface area contributed by atoms with E-state index in [0.29, 0.717) is 43.0 Å². The highest BCUT2D eigenvalue weighted by atomic mass is 19.4. The molecule has 0 spiro atoms. The standard InChI is InChI=1S/C16H18F4N2O/c1-11-21-22-15(23-11)8-6-13-10-12(5-7-14(13)17)4-2-3-9-16(18,19)20/h5,7,10H,2-4,6,8-9H2,1H3. The third-order valence-electron chi connectivity index (χ3n) is 3.46. The number of halogens is 4. The average Bonchev–Trinajstić information content (AvgIpc) is 2.88. The molecular formula is C16H18F4N2O. The van der Waals surface area contributed by atoms with Gasteiger partial charge in [-0.3, -0.25) is 0 Å². The fourth-order valence-electron chi connectivity index (χ4n) is 2.31. The van der Waals surface area contributed by atoms with Crippen molar-refractivity contribution in [2.24, 2.45) is 0 Å². The second kappa shape index (κ2) is 7.57. The van der Waals surface area contributed by atoms with E-state index in [2.05, 4.69) is 10.2 Å². The zero-order valence-electron chi connectivity index (χ0n) is 12.8. The zero-order chi connectivity index (χ0) is 16.9. The van der Waals surface area contributed by atoms with E-state index in [4.69, 9.17) is 4.42 Å². The summed E-state index contributed by atoms with van der Waals surface area (Å²) in [6, 6.07) is 4.67. The van der Waals surface area contributed by atoms with Gasteiger partial charge in [-0.2, -0.15) is 13.2 Å². The summed E-state index contributed by atoms with van der Waals surface area (Å²) in [6.45, 7) is 1.68. The molecule has 7 heteroatoms. The first-order chi connectivity index (χ1) is 10.8. The molecule has 0 radical (unpaired) electrons. The maximum absolute atomic E-state index is 13.8. The molecule has 126 valence electrons. The predicted molar refractivity (Wildman–Crippen MR) is 76.5 cm³/mol. The van der Waals surface area contributed by atoms with Crippen LogP contribution in [-0.2, 0) is 19.3 Å². The van der Waals surface area contributed by atoms with Crippen molar-refractivity contribution in [2.75, 3.05) is 0 Å². The Morgan fingerprint density at radius 3 is 2.48 bits per heavy atom. The van der Waals surface area contributed by atoms with Gasteiger partial charge in [-0.15, -0.1) is 10.2 Å². The smallest absolute Gasteiger partial charge is 0.389 e. The third-order valence-corrected chi connectivity index (χ3v) is 3.46. The van der Waals surface area contributed by atoms with E-state index in [9.17, 15) is 17.6 Å². The minimum atomic E-state index is -4.11. The summed E-state index contributed by atoms with van der Waals surface area (Å²) >= 11 is 0. The lowest BCUT2D eigenvalue weighted by Gasteiger charge is -2.08. The second-order valence-electron chi connectivity index (χ2n) is 5.46. The van der Waals surface area contributed by atoms with E-state index in [1.807, 2.05) is 0 Å². The van der Waals surface area contributed by atoms with E-state index in [1.54, 1.807) is 19.1 Å². The molecule has 0 saturated carbocycles. The maximum Gasteiger partial charge on any atom is 0.389 e. The third kappa shape index (κ3) is 6.00. The molecule has 0 N–H and O–H groups in total. The number of unbranched alkanes of at least 4 members (excludes halogenated alkanes) is 1. The van der Waals surface area contributed by atoms with Gasteiger partial charge in [0.1, 0.15) is 5.82 Å². The van der Waals surface area contributed by atoms with Crippen LogP contribution in [-0.4, -0.2) is 16.4 Å². The largest absolute Gasteiger partial charge is 0.426 e. The Morgan fingerprint density at radius 2 is 1.83 bits per heavy atom. The van der Waals surface area contributed by atoms with Crippen molar-refractivity contribution in [3.05, 3.63) is 46.9 Å². The van der Waals surface area contributed by atoms with Crippen LogP contribution in [0.1, 0.15) is 42.2 Å². The Kier molecular flexibility index (Phi) is 5.74. The van der Waals surface area contributed by atoms with Crippen molar-refractivity contribution >= 4 is 0 Å². The number of benzene rings is 1. The highest BCUT2D eigenvalue weighted by Gasteiger charge is 2.25. The molecule has 1 heterocycles. The van der Waals surface area contributed by atoms with Crippen LogP contribution in [0.25, 0.3) is 0 Å². The van der Waals surface area contributed by atoms with Crippen LogP contribution >= 0.6 is 0 Å². The first-order valence-electron chi connectivity index (χ1n) is 7.46. The van der Waals surface area contributed by atoms with Crippen LogP contribution in [0.15, 0.2) is 22.6 Å². The molecule has 0 aliphatic rings. The summed E-state index contributed by atoms with van der Waals surface area (Å²) in [5.74, 6) is 0.566. The Labute approximate surface area is 131 Å². The summed E-state index contributed by atoms with van der Waals surface area (Å²) in [5, 5.41) is 7.56. The van der Waals surface area contributed by atoms with Crippen LogP contribution < -0.4 is 0 Å². The van der Waals surface area contributed by atoms with Crippen molar-refractivity contribution in [3.8, 4) is 0 Å². The molecule has 2 aromatic rings. The summed E-state index contributed by atoms with van der Waals surface area (Å²) in [7, 11) is 0. The molecule has 2 rings (SSSR count). The summed E-state index contributed by atoms with van der Waals surface area (Å²) < 4.78 is 55.3. The number of hydrogen-bond donors (Lipinski definition) is 0. The molecule has 0 bridgehead atoms. The van der Waals surface area contributed by atoms with Crippen molar-refractivity contribution in [1.29, 1.82) is 0 Å². The van der Waals surface area contributed by atoms with E-state index in [-0.39, 0.29) is 12.2 Å². The highest BCUT2D eigenvalue weighted by molar-refractivity contribution is 5.25. The molecule has 1 aromatic carbocycles. The fourth-order valence-corrected chi connectivity index (χ4v) is 2.31. The minimum Gasteiger partial charge on any atom is -0.426 e. The van der Waals surface area contributed by atoms with Gasteiger partial charge in [0.05, 0.1) is 0 Å². The van der Waals surface area contributed by atoms with Crippen LogP contribution in [0.3, 0.4) is 0 Å². The number of nitrogens with zero attached hydrogens (tertiary/aromatic N) is 2. The van der Waals surface area contributed by atoms with Crippen molar-refractivity contribution in [1.82, 2.24) is 10.2 Å². The van der Waals surface area contributed by atoms with Gasteiger partial charge >= 0.3 is 6.18 Å². The number of rotatable bonds is 7. The fraction of sp³-hybridized carbons (Fsp3) is 0.500. The quantitative estimate of drug-likeness (QED) is 0.551. The molecule has 0 aliphatic heterocycles. The minimum absolute atomic E-state index is 0.0808. The van der Waals surface area contributed by atoms with Crippen LogP contribution in [0, 0.1) is 12.7 Å². The van der Waals surface area contributed by atoms with Gasteiger partial charge in [0.15, 0.2) is 0 Å². The van der Waals surface area contributed by atoms with Gasteiger partial charge < -0.3 is 4.42 Å². The molecule has 23 heavy (non-hydrogen) atoms. The van der Waals surface area contributed by atoms with Gasteiger partial charge in [0.2, 0.25) is 11.8 Å². The summed E-state index contributed by atoms with van der Waals surface area (Å²) in [5.41, 5.74) is 1.35. The van der Waals surface area contributed by atoms with Crippen LogP contribution in [0.4, 0.5) is 17.6 Å². The summed E-state index contributed by atoms with van der Waals surface area (Å²) in [6.07, 6.45) is -3.05. The molecule has 0 fully saturated rings. The number of alkyl halides is 3. The first-order valence-corrected chi connectivity index (χ1v) is 7.46. The summed E-state index contributed by atoms with van der Waals surface area (Å²) in [4.78, 5) is 0. The number of hydrogen-bond acceptors (Lipinski definition) is 3. The van der Waals surface area contributed by atoms with Crippen LogP contribution in [0.2, 0.25) is 0 Å². The van der Waals surface area contributed by atoms with E-state index < -0.39 is 12.6 Å². The normalized spacial score (nSPS) is 11.9. The van der Waals surface area contributed by atoms with Gasteiger partial charge in [-0.1, -0.05) is 12.1 Å². The predicted octanol–water partition coefficient (Wildman–Crippen LogP) is 4.58. The molecule has 0 atom stereocenters. The molecular weight excluding hydrogens is 312 g/mol. The van der Waals surface area contributed by atoms with Gasteiger partial charge in [0, 0.05) is 19.8 Å². The maximum atomic E-state index is 13.8. The van der Waals surface area contributed by atoms with Crippen LogP contribution in [0.5, 0.6) is 0 Å². The lowest BCUT2D eigenvalue weighted by atomic mass is 10.0. The Hall–Kier alpha value is -1.92. The number of aryl methyl sites for hydroxylation is 4. The van der Waals surface area contributed by atoms with E-state index in [1.165, 1.54) is 6.07 Å². The lowest BCUT2D eigenvalue weighted by Crippen LogP contribution is -2.06.